The maximum atomic E-state index is 6.32. The van der Waals surface area contributed by atoms with Gasteiger partial charge in [0.2, 0.25) is 5.89 Å². The molecule has 0 atom stereocenters. The number of fused-ring (bicyclic) bond motifs is 4. The molecule has 0 spiro atoms. The first-order chi connectivity index (χ1) is 23.2. The summed E-state index contributed by atoms with van der Waals surface area (Å²) >= 11 is 0. The molecule has 0 radical (unpaired) electrons. The average Bonchev–Trinajstić information content (AvgIpc) is 3.74. The predicted molar refractivity (Wildman–Crippen MR) is 193 cm³/mol. The maximum absolute atomic E-state index is 6.32. The summed E-state index contributed by atoms with van der Waals surface area (Å²) in [5.41, 5.74) is 9.69. The van der Waals surface area contributed by atoms with Gasteiger partial charge in [-0.2, -0.15) is 0 Å². The topological polar surface area (TPSA) is 78.9 Å². The minimum Gasteiger partial charge on any atom is -0.436 e. The highest BCUT2D eigenvalue weighted by atomic mass is 16.3. The average molecular weight is 608 g/mol. The zero-order chi connectivity index (χ0) is 31.6. The summed E-state index contributed by atoms with van der Waals surface area (Å²) in [5, 5.41) is 2.43. The van der Waals surface area contributed by atoms with Crippen molar-refractivity contribution in [3.8, 4) is 22.6 Å². The van der Waals surface area contributed by atoms with Crippen molar-refractivity contribution in [1.29, 1.82) is 0 Å². The molecule has 1 N–H and O–H groups in total. The third-order valence-corrected chi connectivity index (χ3v) is 8.24. The molecule has 6 aromatic carbocycles. The third kappa shape index (κ3) is 5.64. The number of nitrogens with zero attached hydrogens (tertiary/aromatic N) is 4. The fourth-order valence-corrected chi connectivity index (χ4v) is 5.87. The summed E-state index contributed by atoms with van der Waals surface area (Å²) in [7, 11) is 0. The predicted octanol–water partition coefficient (Wildman–Crippen LogP) is 9.89. The van der Waals surface area contributed by atoms with Crippen LogP contribution in [0.25, 0.3) is 55.5 Å². The lowest BCUT2D eigenvalue weighted by molar-refractivity contribution is 0.619. The van der Waals surface area contributed by atoms with Gasteiger partial charge in [-0.05, 0) is 65.9 Å². The molecule has 0 unspecified atom stereocenters. The van der Waals surface area contributed by atoms with Gasteiger partial charge in [0.25, 0.3) is 0 Å². The Balaban J connectivity index is 1.10. The number of aliphatic imine (C=N–C) groups is 3. The number of amidine groups is 2. The number of oxazole rings is 1. The molecule has 0 saturated heterocycles. The molecule has 6 nitrogen and oxygen atoms in total. The zero-order valence-corrected chi connectivity index (χ0v) is 25.5. The normalized spacial score (nSPS) is 12.3. The highest BCUT2D eigenvalue weighted by Gasteiger charge is 2.12. The van der Waals surface area contributed by atoms with Gasteiger partial charge >= 0.3 is 0 Å². The lowest BCUT2D eigenvalue weighted by Gasteiger charge is -2.05. The van der Waals surface area contributed by atoms with E-state index in [9.17, 15) is 0 Å². The second kappa shape index (κ2) is 12.2. The Labute approximate surface area is 271 Å². The molecule has 2 aromatic heterocycles. The van der Waals surface area contributed by atoms with Gasteiger partial charge in [-0.3, -0.25) is 4.99 Å². The molecular formula is C41H29N5O. The number of hydrogen-bond acceptors (Lipinski definition) is 3. The molecular weight excluding hydrogens is 578 g/mol. The van der Waals surface area contributed by atoms with Gasteiger partial charge in [0.05, 0.1) is 6.54 Å². The molecule has 0 aliphatic carbocycles. The van der Waals surface area contributed by atoms with E-state index in [-0.39, 0.29) is 0 Å². The van der Waals surface area contributed by atoms with Crippen molar-refractivity contribution in [2.24, 2.45) is 15.0 Å². The Morgan fingerprint density at radius 2 is 1.32 bits per heavy atom. The Hall–Kier alpha value is -6.40. The van der Waals surface area contributed by atoms with E-state index in [1.807, 2.05) is 91.0 Å². The number of aromatic amines is 1. The number of hydrogen-bond donors (Lipinski definition) is 1. The van der Waals surface area contributed by atoms with Crippen LogP contribution in [0.4, 0.5) is 0 Å². The van der Waals surface area contributed by atoms with Crippen LogP contribution in [0.15, 0.2) is 165 Å². The Kier molecular flexibility index (Phi) is 7.28. The summed E-state index contributed by atoms with van der Waals surface area (Å²) in [6.07, 6.45) is 0. The molecule has 6 heteroatoms. The fraction of sp³-hybridized carbons (Fsp3) is 0.0244. The van der Waals surface area contributed by atoms with Crippen molar-refractivity contribution < 1.29 is 4.42 Å². The van der Waals surface area contributed by atoms with Gasteiger partial charge in [-0.15, -0.1) is 0 Å². The monoisotopic (exact) mass is 607 g/mol. The quantitative estimate of drug-likeness (QED) is 0.151. The van der Waals surface area contributed by atoms with E-state index in [2.05, 4.69) is 71.3 Å². The van der Waals surface area contributed by atoms with E-state index >= 15 is 0 Å². The Morgan fingerprint density at radius 3 is 2.13 bits per heavy atom. The fourth-order valence-electron chi connectivity index (χ4n) is 5.87. The van der Waals surface area contributed by atoms with Gasteiger partial charge in [-0.1, -0.05) is 103 Å². The summed E-state index contributed by atoms with van der Waals surface area (Å²) in [4.78, 5) is 22.2. The highest BCUT2D eigenvalue weighted by Crippen LogP contribution is 2.33. The van der Waals surface area contributed by atoms with Crippen molar-refractivity contribution >= 4 is 51.3 Å². The smallest absolute Gasteiger partial charge is 0.227 e. The Bertz CT molecular complexity index is 2450. The molecule has 0 aliphatic heterocycles. The van der Waals surface area contributed by atoms with Crippen molar-refractivity contribution in [3.05, 3.63) is 162 Å². The van der Waals surface area contributed by atoms with E-state index in [1.165, 1.54) is 10.8 Å². The first kappa shape index (κ1) is 28.1. The van der Waals surface area contributed by atoms with Crippen molar-refractivity contribution in [3.63, 3.8) is 0 Å². The first-order valence-corrected chi connectivity index (χ1v) is 15.4. The SMILES string of the molecule is C=N/C(=N\C(=N/Cc1ccc2nc(-c3cccc(-c4ccc5[nH]c6ccccc6c5c4)c3)oc2c1)c1ccccc1)c1ccccc1. The van der Waals surface area contributed by atoms with Gasteiger partial charge in [-0.25, -0.2) is 15.0 Å². The molecule has 0 saturated carbocycles. The Morgan fingerprint density at radius 1 is 0.617 bits per heavy atom. The maximum Gasteiger partial charge on any atom is 0.227 e. The molecule has 0 bridgehead atoms. The van der Waals surface area contributed by atoms with E-state index in [1.54, 1.807) is 0 Å². The molecule has 0 amide bonds. The summed E-state index contributed by atoms with van der Waals surface area (Å²) in [6, 6.07) is 49.0. The minimum atomic E-state index is 0.407. The highest BCUT2D eigenvalue weighted by molar-refractivity contribution is 6.12. The second-order valence-corrected chi connectivity index (χ2v) is 11.3. The van der Waals surface area contributed by atoms with Crippen molar-refractivity contribution in [2.45, 2.75) is 6.54 Å². The number of aromatic nitrogens is 2. The largest absolute Gasteiger partial charge is 0.436 e. The van der Waals surface area contributed by atoms with Crippen LogP contribution in [-0.4, -0.2) is 28.4 Å². The van der Waals surface area contributed by atoms with Crippen LogP contribution in [-0.2, 0) is 6.54 Å². The third-order valence-electron chi connectivity index (χ3n) is 8.24. The van der Waals surface area contributed by atoms with E-state index in [0.717, 1.165) is 49.9 Å². The molecule has 8 aromatic rings. The van der Waals surface area contributed by atoms with Crippen LogP contribution < -0.4 is 0 Å². The summed E-state index contributed by atoms with van der Waals surface area (Å²) < 4.78 is 6.32. The van der Waals surface area contributed by atoms with Crippen LogP contribution in [0.5, 0.6) is 0 Å². The van der Waals surface area contributed by atoms with E-state index in [0.29, 0.717) is 29.7 Å². The standard InChI is InChI=1S/C41H29N5O/c1-42-39(28-11-4-2-5-12-28)46-40(29-13-6-3-7-14-29)43-26-27-19-21-37-38(23-27)47-41(45-37)32-16-10-15-30(24-32)31-20-22-36-34(25-31)33-17-8-9-18-35(33)44-36/h2-25,44H,1,26H2/b43-40-,46-39-. The molecule has 47 heavy (non-hydrogen) atoms. The van der Waals surface area contributed by atoms with Gasteiger partial charge < -0.3 is 9.40 Å². The van der Waals surface area contributed by atoms with Crippen molar-refractivity contribution in [1.82, 2.24) is 9.97 Å². The summed E-state index contributed by atoms with van der Waals surface area (Å²) in [6.45, 7) is 4.16. The molecule has 8 rings (SSSR count). The van der Waals surface area contributed by atoms with Gasteiger partial charge in [0.15, 0.2) is 17.3 Å². The first-order valence-electron chi connectivity index (χ1n) is 15.4. The van der Waals surface area contributed by atoms with Crippen LogP contribution >= 0.6 is 0 Å². The number of rotatable bonds is 6. The number of benzene rings is 6. The number of nitrogens with one attached hydrogen (secondary N) is 1. The minimum absolute atomic E-state index is 0.407. The van der Waals surface area contributed by atoms with E-state index < -0.39 is 0 Å². The lowest BCUT2D eigenvalue weighted by Crippen LogP contribution is -2.05. The zero-order valence-electron chi connectivity index (χ0n) is 25.5. The number of H-pyrrole nitrogens is 1. The molecule has 224 valence electrons. The molecule has 0 fully saturated rings. The van der Waals surface area contributed by atoms with Crippen LogP contribution in [0.2, 0.25) is 0 Å². The van der Waals surface area contributed by atoms with Gasteiger partial charge in [0.1, 0.15) is 5.52 Å². The molecule has 2 heterocycles. The van der Waals surface area contributed by atoms with Crippen LogP contribution in [0.3, 0.4) is 0 Å². The molecule has 0 aliphatic rings. The van der Waals surface area contributed by atoms with Crippen molar-refractivity contribution in [2.75, 3.05) is 0 Å². The van der Waals surface area contributed by atoms with E-state index in [4.69, 9.17) is 19.4 Å². The van der Waals surface area contributed by atoms with Crippen LogP contribution in [0.1, 0.15) is 16.7 Å². The second-order valence-electron chi connectivity index (χ2n) is 11.3. The summed E-state index contributed by atoms with van der Waals surface area (Å²) in [5.74, 6) is 1.68. The lowest BCUT2D eigenvalue weighted by atomic mass is 10.0. The van der Waals surface area contributed by atoms with Crippen LogP contribution in [0, 0.1) is 0 Å². The number of para-hydroxylation sites is 1. The van der Waals surface area contributed by atoms with Gasteiger partial charge in [0, 0.05) is 38.5 Å².